The summed E-state index contributed by atoms with van der Waals surface area (Å²) in [5.74, 6) is 0. The van der Waals surface area contributed by atoms with E-state index < -0.39 is 0 Å². The third-order valence-corrected chi connectivity index (χ3v) is 3.09. The van der Waals surface area contributed by atoms with Crippen molar-refractivity contribution in [3.05, 3.63) is 47.5 Å². The first-order chi connectivity index (χ1) is 7.36. The fraction of sp³-hybridized carbons (Fsp3) is 0.154. The van der Waals surface area contributed by atoms with Crippen molar-refractivity contribution in [3.63, 3.8) is 0 Å². The largest absolute Gasteiger partial charge is 0.198 e. The van der Waals surface area contributed by atoms with E-state index >= 15 is 0 Å². The maximum absolute atomic E-state index is 8.78. The fourth-order valence-electron chi connectivity index (χ4n) is 1.85. The van der Waals surface area contributed by atoms with Crippen molar-refractivity contribution in [2.24, 2.45) is 0 Å². The Labute approximate surface area is 97.5 Å². The molecule has 0 atom stereocenters. The van der Waals surface area contributed by atoms with Gasteiger partial charge in [-0.3, -0.25) is 0 Å². The molecule has 0 saturated heterocycles. The molecule has 2 heteroatoms. The van der Waals surface area contributed by atoms with E-state index in [0.29, 0.717) is 6.42 Å². The molecule has 2 aromatic rings. The first-order valence-electron chi connectivity index (χ1n) is 4.79. The Morgan fingerprint density at radius 3 is 2.33 bits per heavy atom. The summed E-state index contributed by atoms with van der Waals surface area (Å²) in [7, 11) is 0. The third-order valence-electron chi connectivity index (χ3n) is 2.49. The molecule has 0 aromatic heterocycles. The van der Waals surface area contributed by atoms with Crippen LogP contribution in [-0.2, 0) is 11.8 Å². The lowest BCUT2D eigenvalue weighted by atomic mass is 9.99. The number of rotatable bonds is 2. The monoisotopic (exact) mass is 259 g/mol. The van der Waals surface area contributed by atoms with Crippen LogP contribution >= 0.6 is 15.9 Å². The van der Waals surface area contributed by atoms with E-state index in [2.05, 4.69) is 46.3 Å². The van der Waals surface area contributed by atoms with Gasteiger partial charge in [-0.05, 0) is 21.9 Å². The highest BCUT2D eigenvalue weighted by Crippen LogP contribution is 2.25. The zero-order chi connectivity index (χ0) is 10.7. The van der Waals surface area contributed by atoms with Gasteiger partial charge in [0.15, 0.2) is 0 Å². The van der Waals surface area contributed by atoms with Crippen LogP contribution < -0.4 is 0 Å². The van der Waals surface area contributed by atoms with Crippen molar-refractivity contribution >= 4 is 26.7 Å². The molecule has 0 radical (unpaired) electrons. The maximum Gasteiger partial charge on any atom is 0.0669 e. The van der Waals surface area contributed by atoms with Gasteiger partial charge in [-0.1, -0.05) is 52.3 Å². The van der Waals surface area contributed by atoms with Crippen molar-refractivity contribution in [3.8, 4) is 6.07 Å². The van der Waals surface area contributed by atoms with Gasteiger partial charge < -0.3 is 0 Å². The Bertz CT molecular complexity index is 520. The van der Waals surface area contributed by atoms with Crippen molar-refractivity contribution < 1.29 is 0 Å². The molecular formula is C13H10BrN. The van der Waals surface area contributed by atoms with Crippen LogP contribution in [0.5, 0.6) is 0 Å². The molecule has 0 spiro atoms. The van der Waals surface area contributed by atoms with Crippen molar-refractivity contribution in [2.45, 2.75) is 11.8 Å². The molecule has 74 valence electrons. The Morgan fingerprint density at radius 2 is 1.73 bits per heavy atom. The van der Waals surface area contributed by atoms with E-state index in [1.54, 1.807) is 0 Å². The lowest BCUT2D eigenvalue weighted by Crippen LogP contribution is -1.89. The second-order valence-electron chi connectivity index (χ2n) is 3.40. The Hall–Kier alpha value is -1.33. The van der Waals surface area contributed by atoms with E-state index in [1.807, 2.05) is 12.1 Å². The Balaban J connectivity index is 2.76. The average Bonchev–Trinajstić information content (AvgIpc) is 2.29. The minimum absolute atomic E-state index is 0.474. The lowest BCUT2D eigenvalue weighted by molar-refractivity contribution is 1.28. The van der Waals surface area contributed by atoms with Crippen LogP contribution in [0.4, 0.5) is 0 Å². The number of halogens is 1. The summed E-state index contributed by atoms with van der Waals surface area (Å²) in [6.07, 6.45) is 0.474. The quantitative estimate of drug-likeness (QED) is 0.753. The number of nitrogens with zero attached hydrogens (tertiary/aromatic N) is 1. The summed E-state index contributed by atoms with van der Waals surface area (Å²) in [6, 6.07) is 14.6. The highest BCUT2D eigenvalue weighted by Gasteiger charge is 2.04. The molecule has 1 nitrogen and oxygen atoms in total. The van der Waals surface area contributed by atoms with Gasteiger partial charge in [0.25, 0.3) is 0 Å². The van der Waals surface area contributed by atoms with Gasteiger partial charge in [0, 0.05) is 5.33 Å². The zero-order valence-electron chi connectivity index (χ0n) is 8.20. The minimum atomic E-state index is 0.474. The number of nitriles is 1. The van der Waals surface area contributed by atoms with Crippen LogP contribution in [0.25, 0.3) is 10.8 Å². The molecule has 0 bridgehead atoms. The van der Waals surface area contributed by atoms with E-state index in [-0.39, 0.29) is 0 Å². The average molecular weight is 260 g/mol. The topological polar surface area (TPSA) is 23.8 Å². The molecule has 0 aliphatic carbocycles. The predicted molar refractivity (Wildman–Crippen MR) is 65.9 cm³/mol. The summed E-state index contributed by atoms with van der Waals surface area (Å²) in [6.45, 7) is 0. The second-order valence-corrected chi connectivity index (χ2v) is 3.96. The summed E-state index contributed by atoms with van der Waals surface area (Å²) in [4.78, 5) is 0. The number of hydrogen-bond acceptors (Lipinski definition) is 1. The number of fused-ring (bicyclic) bond motifs is 1. The SMILES string of the molecule is N#CCc1cccc2cccc(CBr)c12. The molecule has 0 aliphatic rings. The van der Waals surface area contributed by atoms with E-state index in [4.69, 9.17) is 5.26 Å². The molecule has 0 saturated carbocycles. The van der Waals surface area contributed by atoms with Crippen molar-refractivity contribution in [1.29, 1.82) is 5.26 Å². The smallest absolute Gasteiger partial charge is 0.0669 e. The molecule has 15 heavy (non-hydrogen) atoms. The van der Waals surface area contributed by atoms with Gasteiger partial charge >= 0.3 is 0 Å². The molecule has 0 unspecified atom stereocenters. The first kappa shape index (κ1) is 10.2. The van der Waals surface area contributed by atoms with E-state index in [0.717, 1.165) is 10.9 Å². The standard InChI is InChI=1S/C13H10BrN/c14-9-12-6-2-4-10-3-1-5-11(7-8-15)13(10)12/h1-6H,7,9H2. The number of hydrogen-bond donors (Lipinski definition) is 0. The van der Waals surface area contributed by atoms with Gasteiger partial charge in [-0.15, -0.1) is 0 Å². The van der Waals surface area contributed by atoms with Crippen LogP contribution in [0.15, 0.2) is 36.4 Å². The molecule has 0 N–H and O–H groups in total. The first-order valence-corrected chi connectivity index (χ1v) is 5.91. The van der Waals surface area contributed by atoms with Gasteiger partial charge in [-0.2, -0.15) is 5.26 Å². The molecule has 0 aliphatic heterocycles. The molecular weight excluding hydrogens is 250 g/mol. The van der Waals surface area contributed by atoms with Crippen LogP contribution in [-0.4, -0.2) is 0 Å². The third kappa shape index (κ3) is 1.88. The lowest BCUT2D eigenvalue weighted by Gasteiger charge is -2.07. The predicted octanol–water partition coefficient (Wildman–Crippen LogP) is 3.80. The number of benzene rings is 2. The summed E-state index contributed by atoms with van der Waals surface area (Å²) >= 11 is 3.48. The van der Waals surface area contributed by atoms with Gasteiger partial charge in [0.2, 0.25) is 0 Å². The van der Waals surface area contributed by atoms with Crippen LogP contribution in [0.2, 0.25) is 0 Å². The molecule has 0 fully saturated rings. The van der Waals surface area contributed by atoms with Crippen molar-refractivity contribution in [2.75, 3.05) is 0 Å². The molecule has 0 amide bonds. The fourth-order valence-corrected chi connectivity index (χ4v) is 2.31. The van der Waals surface area contributed by atoms with Gasteiger partial charge in [-0.25, -0.2) is 0 Å². The van der Waals surface area contributed by atoms with Gasteiger partial charge in [0.1, 0.15) is 0 Å². The van der Waals surface area contributed by atoms with Gasteiger partial charge in [0.05, 0.1) is 12.5 Å². The highest BCUT2D eigenvalue weighted by molar-refractivity contribution is 9.08. The second kappa shape index (κ2) is 4.46. The summed E-state index contributed by atoms with van der Waals surface area (Å²) < 4.78 is 0. The van der Waals surface area contributed by atoms with E-state index in [1.165, 1.54) is 16.3 Å². The Morgan fingerprint density at radius 1 is 1.07 bits per heavy atom. The van der Waals surface area contributed by atoms with Crippen LogP contribution in [0.1, 0.15) is 11.1 Å². The normalized spacial score (nSPS) is 10.1. The summed E-state index contributed by atoms with van der Waals surface area (Å²) in [5, 5.41) is 12.0. The molecule has 0 heterocycles. The summed E-state index contributed by atoms with van der Waals surface area (Å²) in [5.41, 5.74) is 2.36. The maximum atomic E-state index is 8.78. The van der Waals surface area contributed by atoms with Crippen molar-refractivity contribution in [1.82, 2.24) is 0 Å². The Kier molecular flexibility index (Phi) is 3.03. The molecule has 2 rings (SSSR count). The highest BCUT2D eigenvalue weighted by atomic mass is 79.9. The van der Waals surface area contributed by atoms with Crippen LogP contribution in [0, 0.1) is 11.3 Å². The zero-order valence-corrected chi connectivity index (χ0v) is 9.79. The minimum Gasteiger partial charge on any atom is -0.198 e. The van der Waals surface area contributed by atoms with Crippen LogP contribution in [0.3, 0.4) is 0 Å². The molecule has 2 aromatic carbocycles. The van der Waals surface area contributed by atoms with E-state index in [9.17, 15) is 0 Å². The number of alkyl halides is 1.